The first-order valence-electron chi connectivity index (χ1n) is 8.03. The third kappa shape index (κ3) is 3.83. The highest BCUT2D eigenvalue weighted by Crippen LogP contribution is 2.40. The van der Waals surface area contributed by atoms with Crippen LogP contribution in [-0.2, 0) is 0 Å². The molecule has 2 rings (SSSR count). The topological polar surface area (TPSA) is 30.5 Å². The van der Waals surface area contributed by atoms with Gasteiger partial charge in [0.2, 0.25) is 0 Å². The van der Waals surface area contributed by atoms with Crippen LogP contribution in [-0.4, -0.2) is 19.8 Å². The summed E-state index contributed by atoms with van der Waals surface area (Å²) >= 11 is 6.53. The summed E-state index contributed by atoms with van der Waals surface area (Å²) in [7, 11) is 0. The predicted molar refractivity (Wildman–Crippen MR) is 87.5 cm³/mol. The van der Waals surface area contributed by atoms with Crippen molar-refractivity contribution in [2.45, 2.75) is 46.1 Å². The number of fused-ring (bicyclic) bond motifs is 1. The maximum Gasteiger partial charge on any atom is 0.162 e. The molecule has 1 aromatic rings. The molecular weight excluding hydrogens is 286 g/mol. The van der Waals surface area contributed by atoms with Gasteiger partial charge in [0.1, 0.15) is 0 Å². The summed E-state index contributed by atoms with van der Waals surface area (Å²) in [5.41, 5.74) is 1.12. The zero-order valence-corrected chi connectivity index (χ0v) is 14.0. The highest BCUT2D eigenvalue weighted by Gasteiger charge is 2.24. The predicted octanol–water partition coefficient (Wildman–Crippen LogP) is 4.59. The summed E-state index contributed by atoms with van der Waals surface area (Å²) < 4.78 is 11.5. The summed E-state index contributed by atoms with van der Waals surface area (Å²) in [6.07, 6.45) is 3.16. The van der Waals surface area contributed by atoms with Crippen molar-refractivity contribution < 1.29 is 9.47 Å². The van der Waals surface area contributed by atoms with Crippen molar-refractivity contribution >= 4 is 11.6 Å². The number of benzene rings is 1. The summed E-state index contributed by atoms with van der Waals surface area (Å²) in [5.74, 6) is 2.15. The van der Waals surface area contributed by atoms with Crippen molar-refractivity contribution in [3.05, 3.63) is 22.7 Å². The van der Waals surface area contributed by atoms with Crippen LogP contribution < -0.4 is 14.8 Å². The van der Waals surface area contributed by atoms with Crippen LogP contribution in [0, 0.1) is 5.92 Å². The molecular formula is C17H26ClNO2. The molecule has 0 saturated carbocycles. The Kier molecular flexibility index (Phi) is 6.19. The Labute approximate surface area is 133 Å². The fraction of sp³-hybridized carbons (Fsp3) is 0.647. The first-order chi connectivity index (χ1) is 10.2. The molecule has 1 unspecified atom stereocenters. The number of rotatable bonds is 6. The van der Waals surface area contributed by atoms with E-state index < -0.39 is 0 Å². The van der Waals surface area contributed by atoms with E-state index in [1.54, 1.807) is 0 Å². The molecule has 0 spiro atoms. The van der Waals surface area contributed by atoms with E-state index in [1.165, 1.54) is 0 Å². The van der Waals surface area contributed by atoms with Crippen molar-refractivity contribution in [3.63, 3.8) is 0 Å². The Morgan fingerprint density at radius 3 is 2.29 bits per heavy atom. The van der Waals surface area contributed by atoms with Gasteiger partial charge < -0.3 is 14.8 Å². The average molecular weight is 312 g/mol. The lowest BCUT2D eigenvalue weighted by Crippen LogP contribution is -2.28. The highest BCUT2D eigenvalue weighted by molar-refractivity contribution is 6.31. The van der Waals surface area contributed by atoms with Crippen LogP contribution in [0.5, 0.6) is 11.5 Å². The van der Waals surface area contributed by atoms with Gasteiger partial charge in [0.05, 0.1) is 13.2 Å². The molecule has 0 fully saturated rings. The fourth-order valence-electron chi connectivity index (χ4n) is 2.95. The second kappa shape index (κ2) is 7.90. The van der Waals surface area contributed by atoms with Crippen molar-refractivity contribution in [1.29, 1.82) is 0 Å². The van der Waals surface area contributed by atoms with E-state index >= 15 is 0 Å². The van der Waals surface area contributed by atoms with Crippen molar-refractivity contribution in [2.24, 2.45) is 5.92 Å². The standard InChI is InChI=1S/C17H26ClNO2/c1-4-12(5-2)17(19-6-3)13-10-15-16(11-14(13)18)21-9-7-8-20-15/h10-12,17,19H,4-9H2,1-3H3. The Morgan fingerprint density at radius 1 is 1.10 bits per heavy atom. The van der Waals surface area contributed by atoms with Crippen LogP contribution in [0.25, 0.3) is 0 Å². The van der Waals surface area contributed by atoms with E-state index in [0.29, 0.717) is 19.1 Å². The first-order valence-corrected chi connectivity index (χ1v) is 8.41. The van der Waals surface area contributed by atoms with Crippen molar-refractivity contribution in [3.8, 4) is 11.5 Å². The maximum atomic E-state index is 6.53. The van der Waals surface area contributed by atoms with Gasteiger partial charge in [0, 0.05) is 23.6 Å². The lowest BCUT2D eigenvalue weighted by molar-refractivity contribution is 0.296. The van der Waals surface area contributed by atoms with Crippen LogP contribution in [0.4, 0.5) is 0 Å². The number of hydrogen-bond acceptors (Lipinski definition) is 3. The molecule has 1 N–H and O–H groups in total. The van der Waals surface area contributed by atoms with Crippen molar-refractivity contribution in [2.75, 3.05) is 19.8 Å². The van der Waals surface area contributed by atoms with Gasteiger partial charge in [-0.25, -0.2) is 0 Å². The zero-order valence-electron chi connectivity index (χ0n) is 13.2. The molecule has 3 nitrogen and oxygen atoms in total. The second-order valence-electron chi connectivity index (χ2n) is 5.48. The van der Waals surface area contributed by atoms with Crippen LogP contribution in [0.2, 0.25) is 5.02 Å². The molecule has 21 heavy (non-hydrogen) atoms. The average Bonchev–Trinajstić information content (AvgIpc) is 2.71. The first kappa shape index (κ1) is 16.4. The van der Waals surface area contributed by atoms with Gasteiger partial charge in [-0.3, -0.25) is 0 Å². The summed E-state index contributed by atoms with van der Waals surface area (Å²) in [5, 5.41) is 4.34. The summed E-state index contributed by atoms with van der Waals surface area (Å²) in [4.78, 5) is 0. The smallest absolute Gasteiger partial charge is 0.162 e. The van der Waals surface area contributed by atoms with Crippen LogP contribution in [0.3, 0.4) is 0 Å². The number of nitrogens with one attached hydrogen (secondary N) is 1. The van der Waals surface area contributed by atoms with E-state index in [-0.39, 0.29) is 6.04 Å². The molecule has 1 atom stereocenters. The normalized spacial score (nSPS) is 15.9. The lowest BCUT2D eigenvalue weighted by atomic mass is 9.88. The number of halogens is 1. The molecule has 118 valence electrons. The highest BCUT2D eigenvalue weighted by atomic mass is 35.5. The summed E-state index contributed by atoms with van der Waals surface area (Å²) in [6, 6.07) is 4.23. The van der Waals surface area contributed by atoms with Gasteiger partial charge >= 0.3 is 0 Å². The Hall–Kier alpha value is -0.930. The Bertz CT molecular complexity index is 460. The third-order valence-electron chi connectivity index (χ3n) is 4.15. The molecule has 0 radical (unpaired) electrons. The molecule has 1 aliphatic heterocycles. The Balaban J connectivity index is 2.37. The quantitative estimate of drug-likeness (QED) is 0.833. The van der Waals surface area contributed by atoms with Crippen molar-refractivity contribution in [1.82, 2.24) is 5.32 Å². The molecule has 1 heterocycles. The van der Waals surface area contributed by atoms with Gasteiger partial charge in [0.15, 0.2) is 11.5 Å². The van der Waals surface area contributed by atoms with Gasteiger partial charge in [-0.1, -0.05) is 45.2 Å². The molecule has 1 aliphatic rings. The Morgan fingerprint density at radius 2 is 1.71 bits per heavy atom. The van der Waals surface area contributed by atoms with Gasteiger partial charge in [-0.15, -0.1) is 0 Å². The molecule has 0 aliphatic carbocycles. The molecule has 0 amide bonds. The minimum atomic E-state index is 0.259. The monoisotopic (exact) mass is 311 g/mol. The number of hydrogen-bond donors (Lipinski definition) is 1. The van der Waals surface area contributed by atoms with E-state index in [9.17, 15) is 0 Å². The molecule has 4 heteroatoms. The van der Waals surface area contributed by atoms with Gasteiger partial charge in [-0.05, 0) is 24.1 Å². The minimum absolute atomic E-state index is 0.259. The van der Waals surface area contributed by atoms with E-state index in [4.69, 9.17) is 21.1 Å². The van der Waals surface area contributed by atoms with E-state index in [0.717, 1.165) is 47.9 Å². The SMILES string of the molecule is CCNC(c1cc2c(cc1Cl)OCCCO2)C(CC)CC. The largest absolute Gasteiger partial charge is 0.490 e. The summed E-state index contributed by atoms with van der Waals surface area (Å²) in [6.45, 7) is 8.90. The molecule has 0 saturated heterocycles. The number of ether oxygens (including phenoxy) is 2. The van der Waals surface area contributed by atoms with Gasteiger partial charge in [-0.2, -0.15) is 0 Å². The van der Waals surface area contributed by atoms with Crippen LogP contribution >= 0.6 is 11.6 Å². The van der Waals surface area contributed by atoms with E-state index in [2.05, 4.69) is 32.2 Å². The maximum absolute atomic E-state index is 6.53. The van der Waals surface area contributed by atoms with Crippen LogP contribution in [0.1, 0.15) is 51.6 Å². The van der Waals surface area contributed by atoms with Crippen LogP contribution in [0.15, 0.2) is 12.1 Å². The zero-order chi connectivity index (χ0) is 15.2. The second-order valence-corrected chi connectivity index (χ2v) is 5.89. The molecule has 0 aromatic heterocycles. The molecule has 0 bridgehead atoms. The minimum Gasteiger partial charge on any atom is -0.490 e. The fourth-order valence-corrected chi connectivity index (χ4v) is 3.22. The van der Waals surface area contributed by atoms with E-state index in [1.807, 2.05) is 6.07 Å². The molecule has 1 aromatic carbocycles. The van der Waals surface area contributed by atoms with Gasteiger partial charge in [0.25, 0.3) is 0 Å². The lowest BCUT2D eigenvalue weighted by Gasteiger charge is -2.28. The third-order valence-corrected chi connectivity index (χ3v) is 4.47.